The fourth-order valence-corrected chi connectivity index (χ4v) is 7.46. The van der Waals surface area contributed by atoms with Crippen molar-refractivity contribution in [3.8, 4) is 0 Å². The molecule has 266 valence electrons. The van der Waals surface area contributed by atoms with Crippen LogP contribution >= 0.6 is 7.82 Å². The van der Waals surface area contributed by atoms with Crippen molar-refractivity contribution in [1.82, 2.24) is 0 Å². The van der Waals surface area contributed by atoms with E-state index < -0.39 is 32.7 Å². The number of likely N-dealkylation sites (N-methyl/N-ethyl adjacent to an activating group) is 1. The summed E-state index contributed by atoms with van der Waals surface area (Å²) in [6, 6.07) is 0. The molecule has 0 aliphatic rings. The predicted octanol–water partition coefficient (Wildman–Crippen LogP) is 9.47. The van der Waals surface area contributed by atoms with E-state index >= 15 is 0 Å². The van der Waals surface area contributed by atoms with Crippen molar-refractivity contribution in [2.75, 3.05) is 40.9 Å². The number of phosphoric ester groups is 1. The molecule has 0 rings (SSSR count). The van der Waals surface area contributed by atoms with Crippen LogP contribution in [0.4, 0.5) is 0 Å². The first kappa shape index (κ1) is 44.0. The van der Waals surface area contributed by atoms with Gasteiger partial charge in [0.2, 0.25) is 0 Å². The number of phosphoric acid groups is 1. The number of nitrogens with zero attached hydrogens (tertiary/aromatic N) is 1. The van der Waals surface area contributed by atoms with Crippen molar-refractivity contribution in [3.05, 3.63) is 0 Å². The average molecular weight is 650 g/mol. The maximum absolute atomic E-state index is 13.0. The number of quaternary nitrogens is 1. The molecule has 7 nitrogen and oxygen atoms in total. The smallest absolute Gasteiger partial charge is 0.268 e. The van der Waals surface area contributed by atoms with Crippen LogP contribution in [0, 0.1) is 0 Å². The molecule has 0 aromatic rings. The molecule has 0 bridgehead atoms. The zero-order valence-electron chi connectivity index (χ0n) is 30.0. The summed E-state index contributed by atoms with van der Waals surface area (Å²) in [4.78, 5) is 13.0. The van der Waals surface area contributed by atoms with Crippen LogP contribution in [0.2, 0.25) is 0 Å². The molecule has 0 heterocycles. The molecule has 1 unspecified atom stereocenters. The topological polar surface area (TPSA) is 99.1 Å². The summed E-state index contributed by atoms with van der Waals surface area (Å²) in [5, 5.41) is 18.8. The normalized spacial score (nSPS) is 14.6. The van der Waals surface area contributed by atoms with E-state index in [0.717, 1.165) is 25.7 Å². The van der Waals surface area contributed by atoms with E-state index in [-0.39, 0.29) is 0 Å². The lowest BCUT2D eigenvalue weighted by atomic mass is 9.88. The fourth-order valence-electron chi connectivity index (χ4n) is 6.34. The van der Waals surface area contributed by atoms with Crippen LogP contribution < -0.4 is 4.89 Å². The van der Waals surface area contributed by atoms with Crippen molar-refractivity contribution in [2.45, 2.75) is 192 Å². The highest BCUT2D eigenvalue weighted by molar-refractivity contribution is 7.45. The molecule has 8 heteroatoms. The van der Waals surface area contributed by atoms with Gasteiger partial charge in [-0.2, -0.15) is 0 Å². The quantitative estimate of drug-likeness (QED) is 0.0409. The molecule has 0 aliphatic carbocycles. The van der Waals surface area contributed by atoms with Gasteiger partial charge in [-0.1, -0.05) is 168 Å². The van der Waals surface area contributed by atoms with Gasteiger partial charge in [0.05, 0.1) is 34.4 Å². The summed E-state index contributed by atoms with van der Waals surface area (Å²) in [7, 11) is 1.57. The number of aliphatic hydroxyl groups is 2. The van der Waals surface area contributed by atoms with E-state index in [4.69, 9.17) is 14.2 Å². The molecule has 0 aliphatic heterocycles. The number of aliphatic hydroxyl groups excluding tert-OH is 2. The van der Waals surface area contributed by atoms with Crippen LogP contribution in [0.1, 0.15) is 181 Å². The molecular formula is C36H76NO6P. The molecule has 0 spiro atoms. The Morgan fingerprint density at radius 1 is 0.636 bits per heavy atom. The Hall–Kier alpha value is -0.0100. The molecular weight excluding hydrogens is 573 g/mol. The second-order valence-corrected chi connectivity index (χ2v) is 15.9. The van der Waals surface area contributed by atoms with E-state index in [1.807, 2.05) is 0 Å². The summed E-state index contributed by atoms with van der Waals surface area (Å²) >= 11 is 0. The van der Waals surface area contributed by atoms with Crippen LogP contribution in [-0.4, -0.2) is 67.3 Å². The Balaban J connectivity index is 4.88. The summed E-state index contributed by atoms with van der Waals surface area (Å²) in [5.41, 5.74) is -0.837. The van der Waals surface area contributed by atoms with Gasteiger partial charge in [-0.15, -0.1) is 0 Å². The highest BCUT2D eigenvalue weighted by atomic mass is 31.2. The van der Waals surface area contributed by atoms with Gasteiger partial charge in [0.25, 0.3) is 7.82 Å². The van der Waals surface area contributed by atoms with E-state index in [1.54, 1.807) is 0 Å². The molecule has 0 aromatic carbocycles. The second-order valence-electron chi connectivity index (χ2n) is 14.6. The number of unbranched alkanes of at least 4 members (excludes halogenated alkanes) is 22. The zero-order valence-corrected chi connectivity index (χ0v) is 30.9. The Morgan fingerprint density at radius 3 is 1.25 bits per heavy atom. The van der Waals surface area contributed by atoms with E-state index in [0.29, 0.717) is 23.9 Å². The van der Waals surface area contributed by atoms with Crippen LogP contribution in [0.25, 0.3) is 0 Å². The van der Waals surface area contributed by atoms with Gasteiger partial charge >= 0.3 is 0 Å². The van der Waals surface area contributed by atoms with Gasteiger partial charge in [0, 0.05) is 0 Å². The van der Waals surface area contributed by atoms with E-state index in [2.05, 4.69) is 35.0 Å². The zero-order chi connectivity index (χ0) is 33.0. The molecule has 2 N–H and O–H groups in total. The Labute approximate surface area is 274 Å². The minimum Gasteiger partial charge on any atom is -0.756 e. The lowest BCUT2D eigenvalue weighted by Crippen LogP contribution is -2.51. The molecule has 0 saturated heterocycles. The summed E-state index contributed by atoms with van der Waals surface area (Å²) in [6.07, 6.45) is 30.3. The highest BCUT2D eigenvalue weighted by Gasteiger charge is 2.40. The predicted molar refractivity (Wildman–Crippen MR) is 185 cm³/mol. The summed E-state index contributed by atoms with van der Waals surface area (Å²) in [6.45, 7) is 4.04. The van der Waals surface area contributed by atoms with Gasteiger partial charge in [-0.3, -0.25) is 4.57 Å². The lowest BCUT2D eigenvalue weighted by molar-refractivity contribution is -0.876. The first-order chi connectivity index (χ1) is 21.0. The minimum atomic E-state index is -4.67. The van der Waals surface area contributed by atoms with Crippen molar-refractivity contribution in [1.29, 1.82) is 0 Å². The number of hydrogen-bond donors (Lipinski definition) is 2. The maximum atomic E-state index is 13.0. The second kappa shape index (κ2) is 28.0. The summed E-state index contributed by atoms with van der Waals surface area (Å²) in [5.74, 6) is 0. The van der Waals surface area contributed by atoms with Crippen molar-refractivity contribution in [3.63, 3.8) is 0 Å². The minimum absolute atomic E-state index is 0.491. The molecule has 0 saturated carbocycles. The third-order valence-corrected chi connectivity index (χ3v) is 9.75. The van der Waals surface area contributed by atoms with Crippen molar-refractivity contribution >= 4 is 7.82 Å². The number of rotatable bonds is 34. The van der Waals surface area contributed by atoms with Crippen molar-refractivity contribution in [2.24, 2.45) is 0 Å². The Morgan fingerprint density at radius 2 is 0.955 bits per heavy atom. The number of hydrogen-bond acceptors (Lipinski definition) is 6. The van der Waals surface area contributed by atoms with Crippen LogP contribution in [0.15, 0.2) is 0 Å². The molecule has 0 aromatic heterocycles. The molecule has 2 atom stereocenters. The molecule has 0 amide bonds. The van der Waals surface area contributed by atoms with Gasteiger partial charge in [0.1, 0.15) is 18.2 Å². The van der Waals surface area contributed by atoms with E-state index in [1.165, 1.54) is 128 Å². The first-order valence-corrected chi connectivity index (χ1v) is 20.2. The third kappa shape index (κ3) is 28.2. The molecule has 0 radical (unpaired) electrons. The Bertz CT molecular complexity index is 644. The van der Waals surface area contributed by atoms with Gasteiger partial charge in [-0.25, -0.2) is 0 Å². The van der Waals surface area contributed by atoms with Gasteiger partial charge in [0.15, 0.2) is 0 Å². The monoisotopic (exact) mass is 650 g/mol. The molecule has 44 heavy (non-hydrogen) atoms. The van der Waals surface area contributed by atoms with Crippen molar-refractivity contribution < 1.29 is 33.2 Å². The standard InChI is InChI=1S/C36H76NO6P/c1-6-8-10-12-14-16-18-20-22-24-26-28-30-36(34-37(3,4)5,43-44(40,41)42-33-35(39)32-38)31-29-27-25-23-21-19-17-15-13-11-9-7-2/h35,38-39H,6-34H2,1-5H3/t35-/m1/s1. The van der Waals surface area contributed by atoms with Crippen LogP contribution in [-0.2, 0) is 13.6 Å². The highest BCUT2D eigenvalue weighted by Crippen LogP contribution is 2.47. The maximum Gasteiger partial charge on any atom is 0.268 e. The largest absolute Gasteiger partial charge is 0.756 e. The first-order valence-electron chi connectivity index (χ1n) is 18.7. The van der Waals surface area contributed by atoms with Gasteiger partial charge < -0.3 is 28.6 Å². The fraction of sp³-hybridized carbons (Fsp3) is 1.00. The van der Waals surface area contributed by atoms with Crippen LogP contribution in [0.5, 0.6) is 0 Å². The van der Waals surface area contributed by atoms with Crippen LogP contribution in [0.3, 0.4) is 0 Å². The van der Waals surface area contributed by atoms with E-state index in [9.17, 15) is 14.6 Å². The SMILES string of the molecule is CCCCCCCCCCCCCCC(CCCCCCCCCCCCCC)(C[N+](C)(C)C)OP(=O)([O-])OC[C@H](O)CO. The lowest BCUT2D eigenvalue weighted by Gasteiger charge is -2.42. The summed E-state index contributed by atoms with van der Waals surface area (Å²) < 4.78 is 24.6. The van der Waals surface area contributed by atoms with Gasteiger partial charge in [-0.05, 0) is 12.8 Å². The third-order valence-electron chi connectivity index (χ3n) is 8.68. The Kier molecular flexibility index (Phi) is 28.0. The molecule has 0 fully saturated rings. The average Bonchev–Trinajstić information content (AvgIpc) is 2.96.